The standard InChI is InChI=1S/C24H22N2O2/c1-16-7-5-8-17(13-16)23(26-18-9-6-10-19(14-18)28-2)24(27)21-15-25-22-12-4-3-11-20(21)22/h3-15,23,25-26H,1-2H3. The zero-order valence-corrected chi connectivity index (χ0v) is 15.9. The van der Waals surface area contributed by atoms with Crippen LogP contribution in [0.25, 0.3) is 10.9 Å². The van der Waals surface area contributed by atoms with E-state index in [1.54, 1.807) is 13.3 Å². The van der Waals surface area contributed by atoms with E-state index in [0.29, 0.717) is 5.56 Å². The Balaban J connectivity index is 1.77. The fourth-order valence-electron chi connectivity index (χ4n) is 3.46. The summed E-state index contributed by atoms with van der Waals surface area (Å²) in [4.78, 5) is 16.8. The lowest BCUT2D eigenvalue weighted by molar-refractivity contribution is 0.0971. The Morgan fingerprint density at radius 3 is 2.64 bits per heavy atom. The molecule has 28 heavy (non-hydrogen) atoms. The Labute approximate surface area is 164 Å². The van der Waals surface area contributed by atoms with E-state index in [9.17, 15) is 4.79 Å². The number of methoxy groups -OCH3 is 1. The van der Waals surface area contributed by atoms with Crippen molar-refractivity contribution in [3.05, 3.63) is 95.7 Å². The minimum atomic E-state index is -0.508. The molecule has 1 heterocycles. The Morgan fingerprint density at radius 1 is 1.00 bits per heavy atom. The molecule has 0 aliphatic heterocycles. The van der Waals surface area contributed by atoms with Gasteiger partial charge in [-0.15, -0.1) is 0 Å². The van der Waals surface area contributed by atoms with Crippen molar-refractivity contribution in [2.75, 3.05) is 12.4 Å². The number of aromatic nitrogens is 1. The quantitative estimate of drug-likeness (QED) is 0.439. The second-order valence-corrected chi connectivity index (χ2v) is 6.84. The van der Waals surface area contributed by atoms with Crippen molar-refractivity contribution in [2.24, 2.45) is 0 Å². The molecule has 1 unspecified atom stereocenters. The molecule has 0 aliphatic carbocycles. The van der Waals surface area contributed by atoms with Gasteiger partial charge in [0.05, 0.1) is 7.11 Å². The van der Waals surface area contributed by atoms with Crippen molar-refractivity contribution < 1.29 is 9.53 Å². The van der Waals surface area contributed by atoms with Gasteiger partial charge in [-0.25, -0.2) is 0 Å². The van der Waals surface area contributed by atoms with Crippen LogP contribution in [0, 0.1) is 6.92 Å². The highest BCUT2D eigenvalue weighted by Crippen LogP contribution is 2.29. The van der Waals surface area contributed by atoms with Crippen LogP contribution in [-0.4, -0.2) is 17.9 Å². The number of hydrogen-bond donors (Lipinski definition) is 2. The number of ether oxygens (including phenoxy) is 1. The van der Waals surface area contributed by atoms with Crippen molar-refractivity contribution in [3.8, 4) is 5.75 Å². The normalized spacial score (nSPS) is 11.9. The second-order valence-electron chi connectivity index (χ2n) is 6.84. The number of para-hydroxylation sites is 1. The topological polar surface area (TPSA) is 54.1 Å². The summed E-state index contributed by atoms with van der Waals surface area (Å²) in [5, 5.41) is 4.33. The number of carbonyl (C=O) groups excluding carboxylic acids is 1. The van der Waals surface area contributed by atoms with Crippen LogP contribution in [0.4, 0.5) is 5.69 Å². The Kier molecular flexibility index (Phi) is 4.85. The predicted octanol–water partition coefficient (Wildman–Crippen LogP) is 5.52. The van der Waals surface area contributed by atoms with E-state index in [1.165, 1.54) is 0 Å². The van der Waals surface area contributed by atoms with Gasteiger partial charge in [0.15, 0.2) is 5.78 Å². The van der Waals surface area contributed by atoms with E-state index in [1.807, 2.05) is 79.7 Å². The average molecular weight is 370 g/mol. The molecule has 4 nitrogen and oxygen atoms in total. The Bertz CT molecular complexity index is 1130. The average Bonchev–Trinajstić information content (AvgIpc) is 3.16. The molecule has 1 atom stereocenters. The largest absolute Gasteiger partial charge is 0.497 e. The van der Waals surface area contributed by atoms with E-state index in [-0.39, 0.29) is 5.78 Å². The highest BCUT2D eigenvalue weighted by molar-refractivity contribution is 6.11. The maximum absolute atomic E-state index is 13.6. The molecular formula is C24H22N2O2. The molecular weight excluding hydrogens is 348 g/mol. The third-order valence-corrected chi connectivity index (χ3v) is 4.87. The van der Waals surface area contributed by atoms with Crippen LogP contribution < -0.4 is 10.1 Å². The fraction of sp³-hybridized carbons (Fsp3) is 0.125. The number of Topliss-reactive ketones (excluding diaryl/α,β-unsaturated/α-hetero) is 1. The SMILES string of the molecule is COc1cccc(NC(C(=O)c2c[nH]c3ccccc23)c2cccc(C)c2)c1. The van der Waals surface area contributed by atoms with Crippen LogP contribution >= 0.6 is 0 Å². The van der Waals surface area contributed by atoms with Gasteiger partial charge in [-0.2, -0.15) is 0 Å². The van der Waals surface area contributed by atoms with E-state index in [2.05, 4.69) is 10.3 Å². The molecule has 140 valence electrons. The van der Waals surface area contributed by atoms with Gasteiger partial charge in [0, 0.05) is 34.4 Å². The van der Waals surface area contributed by atoms with Crippen LogP contribution in [0.5, 0.6) is 5.75 Å². The lowest BCUT2D eigenvalue weighted by atomic mass is 9.95. The first-order valence-corrected chi connectivity index (χ1v) is 9.23. The molecule has 0 saturated heterocycles. The van der Waals surface area contributed by atoms with Crippen LogP contribution in [0.15, 0.2) is 79.0 Å². The lowest BCUT2D eigenvalue weighted by Gasteiger charge is -2.20. The molecule has 4 rings (SSSR count). The van der Waals surface area contributed by atoms with Gasteiger partial charge in [0.1, 0.15) is 11.8 Å². The van der Waals surface area contributed by atoms with Crippen molar-refractivity contribution in [3.63, 3.8) is 0 Å². The summed E-state index contributed by atoms with van der Waals surface area (Å²) in [5.74, 6) is 0.762. The first-order chi connectivity index (χ1) is 13.7. The molecule has 0 amide bonds. The number of aromatic amines is 1. The number of rotatable bonds is 6. The summed E-state index contributed by atoms with van der Waals surface area (Å²) in [5.41, 5.74) is 4.51. The maximum atomic E-state index is 13.6. The monoisotopic (exact) mass is 370 g/mol. The first kappa shape index (κ1) is 17.9. The Morgan fingerprint density at radius 2 is 1.82 bits per heavy atom. The molecule has 1 aromatic heterocycles. The highest BCUT2D eigenvalue weighted by atomic mass is 16.5. The van der Waals surface area contributed by atoms with Crippen molar-refractivity contribution in [1.82, 2.24) is 4.98 Å². The minimum absolute atomic E-state index is 0.0193. The maximum Gasteiger partial charge on any atom is 0.191 e. The van der Waals surface area contributed by atoms with Gasteiger partial charge in [0.25, 0.3) is 0 Å². The van der Waals surface area contributed by atoms with Gasteiger partial charge in [-0.3, -0.25) is 4.79 Å². The lowest BCUT2D eigenvalue weighted by Crippen LogP contribution is -2.21. The zero-order chi connectivity index (χ0) is 19.5. The number of fused-ring (bicyclic) bond motifs is 1. The van der Waals surface area contributed by atoms with E-state index in [0.717, 1.165) is 33.5 Å². The fourth-order valence-corrected chi connectivity index (χ4v) is 3.46. The summed E-state index contributed by atoms with van der Waals surface area (Å²) < 4.78 is 5.32. The van der Waals surface area contributed by atoms with Gasteiger partial charge >= 0.3 is 0 Å². The second kappa shape index (κ2) is 7.61. The summed E-state index contributed by atoms with van der Waals surface area (Å²) in [7, 11) is 1.63. The summed E-state index contributed by atoms with van der Waals surface area (Å²) in [6.07, 6.45) is 1.79. The van der Waals surface area contributed by atoms with Crippen LogP contribution in [0.1, 0.15) is 27.5 Å². The van der Waals surface area contributed by atoms with Crippen LogP contribution in [-0.2, 0) is 0 Å². The van der Waals surface area contributed by atoms with E-state index in [4.69, 9.17) is 4.74 Å². The number of benzene rings is 3. The third-order valence-electron chi connectivity index (χ3n) is 4.87. The molecule has 0 aliphatic rings. The summed E-state index contributed by atoms with van der Waals surface area (Å²) in [6.45, 7) is 2.03. The predicted molar refractivity (Wildman–Crippen MR) is 113 cm³/mol. The van der Waals surface area contributed by atoms with Gasteiger partial charge in [-0.1, -0.05) is 54.1 Å². The molecule has 2 N–H and O–H groups in total. The molecule has 0 radical (unpaired) electrons. The molecule has 0 bridgehead atoms. The molecule has 0 fully saturated rings. The molecule has 4 heteroatoms. The number of nitrogens with one attached hydrogen (secondary N) is 2. The molecule has 3 aromatic carbocycles. The zero-order valence-electron chi connectivity index (χ0n) is 15.9. The first-order valence-electron chi connectivity index (χ1n) is 9.23. The number of hydrogen-bond acceptors (Lipinski definition) is 3. The number of aryl methyl sites for hydroxylation is 1. The highest BCUT2D eigenvalue weighted by Gasteiger charge is 2.24. The van der Waals surface area contributed by atoms with Gasteiger partial charge in [0.2, 0.25) is 0 Å². The third kappa shape index (κ3) is 3.49. The summed E-state index contributed by atoms with van der Waals surface area (Å²) >= 11 is 0. The number of carbonyl (C=O) groups is 1. The number of H-pyrrole nitrogens is 1. The number of ketones is 1. The molecule has 0 spiro atoms. The van der Waals surface area contributed by atoms with Crippen LogP contribution in [0.2, 0.25) is 0 Å². The summed E-state index contributed by atoms with van der Waals surface area (Å²) in [6, 6.07) is 23.0. The number of anilines is 1. The molecule has 4 aromatic rings. The smallest absolute Gasteiger partial charge is 0.191 e. The van der Waals surface area contributed by atoms with E-state index < -0.39 is 6.04 Å². The van der Waals surface area contributed by atoms with Gasteiger partial charge < -0.3 is 15.0 Å². The Hall–Kier alpha value is -3.53. The van der Waals surface area contributed by atoms with Gasteiger partial charge in [-0.05, 0) is 30.7 Å². The van der Waals surface area contributed by atoms with Crippen molar-refractivity contribution >= 4 is 22.4 Å². The van der Waals surface area contributed by atoms with Crippen molar-refractivity contribution in [2.45, 2.75) is 13.0 Å². The van der Waals surface area contributed by atoms with E-state index >= 15 is 0 Å². The molecule has 0 saturated carbocycles. The van der Waals surface area contributed by atoms with Crippen molar-refractivity contribution in [1.29, 1.82) is 0 Å². The minimum Gasteiger partial charge on any atom is -0.497 e. The van der Waals surface area contributed by atoms with Crippen LogP contribution in [0.3, 0.4) is 0 Å².